The molecule has 33 heavy (non-hydrogen) atoms. The summed E-state index contributed by atoms with van der Waals surface area (Å²) in [4.78, 5) is 24.5. The fraction of sp³-hybridized carbons (Fsp3) is 0.739. The molecule has 0 aliphatic heterocycles. The molecule has 2 aromatic rings. The lowest BCUT2D eigenvalue weighted by molar-refractivity contribution is -0.117. The van der Waals surface area contributed by atoms with Gasteiger partial charge in [-0.1, -0.05) is 42.5 Å². The van der Waals surface area contributed by atoms with Crippen LogP contribution in [0.4, 0.5) is 5.82 Å². The number of carbonyl (C=O) groups excluding carboxylic acids is 2. The number of aryl methyl sites for hydroxylation is 2. The summed E-state index contributed by atoms with van der Waals surface area (Å²) in [7, 11) is 0. The van der Waals surface area contributed by atoms with Crippen molar-refractivity contribution in [2.24, 2.45) is 11.8 Å². The maximum Gasteiger partial charge on any atom is 0.273 e. The third kappa shape index (κ3) is 7.36. The van der Waals surface area contributed by atoms with E-state index in [0.29, 0.717) is 42.9 Å². The summed E-state index contributed by atoms with van der Waals surface area (Å²) in [6.07, 6.45) is 16.8. The lowest BCUT2D eigenvalue weighted by Crippen LogP contribution is -2.28. The molecule has 0 unspecified atom stereocenters. The van der Waals surface area contributed by atoms with Crippen LogP contribution in [0.1, 0.15) is 87.5 Å². The van der Waals surface area contributed by atoms with Crippen molar-refractivity contribution in [3.63, 3.8) is 0 Å². The van der Waals surface area contributed by atoms with Crippen LogP contribution < -0.4 is 10.6 Å². The molecule has 2 fully saturated rings. The lowest BCUT2D eigenvalue weighted by atomic mass is 9.87. The van der Waals surface area contributed by atoms with Crippen molar-refractivity contribution in [3.05, 3.63) is 18.1 Å². The molecule has 0 atom stereocenters. The number of aromatic nitrogens is 6. The van der Waals surface area contributed by atoms with Crippen molar-refractivity contribution in [1.29, 1.82) is 0 Å². The molecular formula is C23H36N8O2. The topological polar surface area (TPSA) is 120 Å². The summed E-state index contributed by atoms with van der Waals surface area (Å²) in [5, 5.41) is 22.1. The third-order valence-electron chi connectivity index (χ3n) is 6.83. The van der Waals surface area contributed by atoms with Gasteiger partial charge in [0.2, 0.25) is 5.91 Å². The first-order chi connectivity index (χ1) is 16.2. The molecule has 2 aromatic heterocycles. The zero-order valence-corrected chi connectivity index (χ0v) is 19.4. The van der Waals surface area contributed by atoms with Crippen molar-refractivity contribution >= 4 is 17.6 Å². The monoisotopic (exact) mass is 456 g/mol. The Bertz CT molecular complexity index is 896. The van der Waals surface area contributed by atoms with Crippen molar-refractivity contribution in [2.45, 2.75) is 90.1 Å². The van der Waals surface area contributed by atoms with Gasteiger partial charge in [0.1, 0.15) is 0 Å². The highest BCUT2D eigenvalue weighted by Gasteiger charge is 2.18. The number of carbonyl (C=O) groups is 2. The Morgan fingerprint density at radius 1 is 0.848 bits per heavy atom. The quantitative estimate of drug-likeness (QED) is 0.501. The summed E-state index contributed by atoms with van der Waals surface area (Å²) < 4.78 is 3.46. The van der Waals surface area contributed by atoms with Gasteiger partial charge in [-0.15, -0.1) is 10.2 Å². The molecule has 2 heterocycles. The molecule has 0 aromatic carbocycles. The number of hydrogen-bond donors (Lipinski definition) is 2. The SMILES string of the molecule is O=C(CC1CCCCC1)Nc1cn(CCCCn2cc(C(=O)NCC3CCCC3)nn2)nn1. The van der Waals surface area contributed by atoms with Crippen LogP contribution in [0.15, 0.2) is 12.4 Å². The summed E-state index contributed by atoms with van der Waals surface area (Å²) in [5.74, 6) is 1.51. The van der Waals surface area contributed by atoms with E-state index < -0.39 is 0 Å². The number of rotatable bonds is 11. The summed E-state index contributed by atoms with van der Waals surface area (Å²) >= 11 is 0. The van der Waals surface area contributed by atoms with Crippen LogP contribution in [0.3, 0.4) is 0 Å². The molecule has 4 rings (SSSR count). The van der Waals surface area contributed by atoms with E-state index in [4.69, 9.17) is 0 Å². The van der Waals surface area contributed by atoms with Crippen molar-refractivity contribution in [1.82, 2.24) is 35.3 Å². The summed E-state index contributed by atoms with van der Waals surface area (Å²) in [6.45, 7) is 2.12. The Kier molecular flexibility index (Phi) is 8.43. The molecular weight excluding hydrogens is 420 g/mol. The predicted octanol–water partition coefficient (Wildman–Crippen LogP) is 3.18. The van der Waals surface area contributed by atoms with E-state index in [0.717, 1.165) is 32.2 Å². The van der Waals surface area contributed by atoms with Crippen LogP contribution in [0, 0.1) is 11.8 Å². The second-order valence-electron chi connectivity index (χ2n) is 9.56. The van der Waals surface area contributed by atoms with Crippen LogP contribution in [-0.4, -0.2) is 48.3 Å². The fourth-order valence-electron chi connectivity index (χ4n) is 4.91. The van der Waals surface area contributed by atoms with E-state index >= 15 is 0 Å². The zero-order chi connectivity index (χ0) is 22.9. The van der Waals surface area contributed by atoms with E-state index in [2.05, 4.69) is 31.3 Å². The van der Waals surface area contributed by atoms with Crippen LogP contribution in [-0.2, 0) is 17.9 Å². The molecule has 2 saturated carbocycles. The highest BCUT2D eigenvalue weighted by atomic mass is 16.2. The average molecular weight is 457 g/mol. The minimum Gasteiger partial charge on any atom is -0.350 e. The first-order valence-corrected chi connectivity index (χ1v) is 12.5. The minimum atomic E-state index is -0.145. The first kappa shape index (κ1) is 23.4. The van der Waals surface area contributed by atoms with E-state index in [9.17, 15) is 9.59 Å². The van der Waals surface area contributed by atoms with Gasteiger partial charge in [-0.3, -0.25) is 19.0 Å². The second kappa shape index (κ2) is 11.9. The maximum atomic E-state index is 12.2. The van der Waals surface area contributed by atoms with Gasteiger partial charge < -0.3 is 10.6 Å². The molecule has 0 saturated heterocycles. The molecule has 2 amide bonds. The second-order valence-corrected chi connectivity index (χ2v) is 9.56. The molecule has 0 bridgehead atoms. The van der Waals surface area contributed by atoms with Crippen LogP contribution in [0.5, 0.6) is 0 Å². The fourth-order valence-corrected chi connectivity index (χ4v) is 4.91. The predicted molar refractivity (Wildman–Crippen MR) is 123 cm³/mol. The molecule has 180 valence electrons. The highest BCUT2D eigenvalue weighted by Crippen LogP contribution is 2.26. The molecule has 2 aliphatic carbocycles. The normalized spacial score (nSPS) is 17.3. The van der Waals surface area contributed by atoms with Crippen molar-refractivity contribution in [3.8, 4) is 0 Å². The smallest absolute Gasteiger partial charge is 0.273 e. The Balaban J connectivity index is 1.12. The number of hydrogen-bond acceptors (Lipinski definition) is 6. The Labute approximate surface area is 194 Å². The molecule has 0 radical (unpaired) electrons. The summed E-state index contributed by atoms with van der Waals surface area (Å²) in [6, 6.07) is 0. The van der Waals surface area contributed by atoms with E-state index in [1.54, 1.807) is 21.8 Å². The molecule has 2 aliphatic rings. The molecule has 10 nitrogen and oxygen atoms in total. The van der Waals surface area contributed by atoms with E-state index in [1.165, 1.54) is 44.9 Å². The van der Waals surface area contributed by atoms with Crippen LogP contribution >= 0.6 is 0 Å². The Hall–Kier alpha value is -2.78. The van der Waals surface area contributed by atoms with Gasteiger partial charge >= 0.3 is 0 Å². The van der Waals surface area contributed by atoms with Gasteiger partial charge in [0.05, 0.1) is 12.4 Å². The zero-order valence-electron chi connectivity index (χ0n) is 19.4. The number of nitrogens with zero attached hydrogens (tertiary/aromatic N) is 6. The third-order valence-corrected chi connectivity index (χ3v) is 6.83. The number of nitrogens with one attached hydrogen (secondary N) is 2. The van der Waals surface area contributed by atoms with E-state index in [-0.39, 0.29) is 11.8 Å². The standard InChI is InChI=1S/C23H36N8O2/c32-22(14-18-8-2-1-3-9-18)25-21-17-31(29-27-21)13-7-6-12-30-16-20(26-28-30)23(33)24-15-19-10-4-5-11-19/h16-19H,1-15H2,(H,24,33)(H,25,32). The van der Waals surface area contributed by atoms with Gasteiger partial charge in [0, 0.05) is 26.1 Å². The van der Waals surface area contributed by atoms with Crippen molar-refractivity contribution < 1.29 is 9.59 Å². The van der Waals surface area contributed by atoms with Gasteiger partial charge in [-0.05, 0) is 50.4 Å². The van der Waals surface area contributed by atoms with Crippen LogP contribution in [0.25, 0.3) is 0 Å². The number of unbranched alkanes of at least 4 members (excludes halogenated alkanes) is 1. The number of amides is 2. The van der Waals surface area contributed by atoms with Gasteiger partial charge in [0.15, 0.2) is 11.5 Å². The minimum absolute atomic E-state index is 0.0308. The first-order valence-electron chi connectivity index (χ1n) is 12.5. The summed E-state index contributed by atoms with van der Waals surface area (Å²) in [5.41, 5.74) is 0.373. The largest absolute Gasteiger partial charge is 0.350 e. The molecule has 0 spiro atoms. The van der Waals surface area contributed by atoms with Crippen LogP contribution in [0.2, 0.25) is 0 Å². The Morgan fingerprint density at radius 2 is 1.48 bits per heavy atom. The lowest BCUT2D eigenvalue weighted by Gasteiger charge is -2.20. The van der Waals surface area contributed by atoms with Crippen molar-refractivity contribution in [2.75, 3.05) is 11.9 Å². The van der Waals surface area contributed by atoms with Gasteiger partial charge in [-0.25, -0.2) is 0 Å². The highest BCUT2D eigenvalue weighted by molar-refractivity contribution is 5.91. The maximum absolute atomic E-state index is 12.2. The van der Waals surface area contributed by atoms with Gasteiger partial charge in [-0.2, -0.15) is 0 Å². The van der Waals surface area contributed by atoms with E-state index in [1.807, 2.05) is 0 Å². The molecule has 10 heteroatoms. The average Bonchev–Trinajstić information content (AvgIpc) is 3.58. The van der Waals surface area contributed by atoms with Gasteiger partial charge in [0.25, 0.3) is 5.91 Å². The number of anilines is 1. The Morgan fingerprint density at radius 3 is 2.24 bits per heavy atom. The molecule has 2 N–H and O–H groups in total.